The molecule has 2 aliphatic rings. The maximum absolute atomic E-state index is 11.3. The fraction of sp³-hybridized carbons (Fsp3) is 0.417. The number of carbonyl (C=O) groups excluding carboxylic acids is 1. The zero-order valence-corrected chi connectivity index (χ0v) is 11.0. The predicted octanol–water partition coefficient (Wildman–Crippen LogP) is 2.65. The Labute approximate surface area is 109 Å². The van der Waals surface area contributed by atoms with Crippen LogP contribution >= 0.6 is 23.5 Å². The number of benzene rings is 1. The summed E-state index contributed by atoms with van der Waals surface area (Å²) in [5, 5.41) is 6.44. The fourth-order valence-electron chi connectivity index (χ4n) is 2.06. The molecule has 0 radical (unpaired) electrons. The van der Waals surface area contributed by atoms with E-state index < -0.39 is 0 Å². The van der Waals surface area contributed by atoms with Crippen molar-refractivity contribution in [1.82, 2.24) is 0 Å². The summed E-state index contributed by atoms with van der Waals surface area (Å²) in [6.45, 7) is 0. The van der Waals surface area contributed by atoms with Crippen LogP contribution < -0.4 is 10.6 Å². The highest BCUT2D eigenvalue weighted by molar-refractivity contribution is 8.00. The summed E-state index contributed by atoms with van der Waals surface area (Å²) >= 11 is 3.60. The number of anilines is 2. The van der Waals surface area contributed by atoms with E-state index in [1.54, 1.807) is 11.8 Å². The summed E-state index contributed by atoms with van der Waals surface area (Å²) < 4.78 is 0. The summed E-state index contributed by atoms with van der Waals surface area (Å²) in [4.78, 5) is 12.5. The largest absolute Gasteiger partial charge is 0.381 e. The molecule has 1 atom stereocenters. The second kappa shape index (κ2) is 4.82. The lowest BCUT2D eigenvalue weighted by molar-refractivity contribution is -0.113. The summed E-state index contributed by atoms with van der Waals surface area (Å²) in [6.07, 6.45) is 1.23. The Bertz CT molecular complexity index is 444. The minimum atomic E-state index is 0.0936. The molecule has 0 saturated carbocycles. The Balaban J connectivity index is 1.77. The molecule has 1 saturated heterocycles. The number of amides is 1. The maximum Gasteiger partial charge on any atom is 0.234 e. The summed E-state index contributed by atoms with van der Waals surface area (Å²) in [6, 6.07) is 6.81. The van der Waals surface area contributed by atoms with Gasteiger partial charge in [-0.3, -0.25) is 4.79 Å². The first-order chi connectivity index (χ1) is 8.31. The van der Waals surface area contributed by atoms with Gasteiger partial charge in [0.15, 0.2) is 0 Å². The fourth-order valence-corrected chi connectivity index (χ4v) is 4.00. The normalized spacial score (nSPS) is 23.1. The van der Waals surface area contributed by atoms with Crippen molar-refractivity contribution in [2.75, 3.05) is 27.9 Å². The first kappa shape index (κ1) is 11.3. The molecule has 3 rings (SSSR count). The first-order valence-electron chi connectivity index (χ1n) is 5.72. The molecule has 17 heavy (non-hydrogen) atoms. The lowest BCUT2D eigenvalue weighted by atomic mass is 10.2. The van der Waals surface area contributed by atoms with Crippen molar-refractivity contribution in [3.8, 4) is 0 Å². The molecule has 0 bridgehead atoms. The van der Waals surface area contributed by atoms with Crippen molar-refractivity contribution < 1.29 is 4.79 Å². The zero-order valence-electron chi connectivity index (χ0n) is 9.36. The molecule has 2 aliphatic heterocycles. The van der Waals surface area contributed by atoms with Gasteiger partial charge in [0.05, 0.1) is 11.4 Å². The number of nitrogens with one attached hydrogen (secondary N) is 2. The molecule has 5 heteroatoms. The van der Waals surface area contributed by atoms with Gasteiger partial charge in [-0.1, -0.05) is 0 Å². The second-order valence-electron chi connectivity index (χ2n) is 4.25. The van der Waals surface area contributed by atoms with Crippen molar-refractivity contribution >= 4 is 40.8 Å². The van der Waals surface area contributed by atoms with Crippen LogP contribution in [0.2, 0.25) is 0 Å². The van der Waals surface area contributed by atoms with Gasteiger partial charge >= 0.3 is 0 Å². The molecular weight excluding hydrogens is 252 g/mol. The highest BCUT2D eigenvalue weighted by Crippen LogP contribution is 2.34. The average Bonchev–Trinajstić information content (AvgIpc) is 2.81. The minimum absolute atomic E-state index is 0.0936. The number of carbonyl (C=O) groups is 1. The van der Waals surface area contributed by atoms with Gasteiger partial charge in [-0.05, 0) is 30.4 Å². The zero-order chi connectivity index (χ0) is 11.7. The molecule has 1 aromatic rings. The lowest BCUT2D eigenvalue weighted by Gasteiger charge is -2.19. The van der Waals surface area contributed by atoms with Crippen molar-refractivity contribution in [2.24, 2.45) is 0 Å². The second-order valence-corrected chi connectivity index (χ2v) is 6.42. The van der Waals surface area contributed by atoms with Crippen LogP contribution in [0.5, 0.6) is 0 Å². The highest BCUT2D eigenvalue weighted by atomic mass is 32.2. The van der Waals surface area contributed by atoms with Crippen molar-refractivity contribution in [2.45, 2.75) is 17.4 Å². The molecule has 1 unspecified atom stereocenters. The molecule has 90 valence electrons. The van der Waals surface area contributed by atoms with Crippen LogP contribution in [-0.4, -0.2) is 29.2 Å². The standard InChI is InChI=1S/C12H14N2OS2/c15-12-7-17-11-2-1-8(5-10(11)14-12)13-9-3-4-16-6-9/h1-2,5,9,13H,3-4,6-7H2,(H,14,15). The van der Waals surface area contributed by atoms with E-state index in [2.05, 4.69) is 22.8 Å². The van der Waals surface area contributed by atoms with E-state index in [9.17, 15) is 4.79 Å². The van der Waals surface area contributed by atoms with Crippen LogP contribution in [0.1, 0.15) is 6.42 Å². The number of hydrogen-bond donors (Lipinski definition) is 2. The van der Waals surface area contributed by atoms with Crippen molar-refractivity contribution in [3.05, 3.63) is 18.2 Å². The lowest BCUT2D eigenvalue weighted by Crippen LogP contribution is -2.20. The first-order valence-corrected chi connectivity index (χ1v) is 7.86. The van der Waals surface area contributed by atoms with E-state index in [0.29, 0.717) is 11.8 Å². The van der Waals surface area contributed by atoms with Crippen LogP contribution in [0.25, 0.3) is 0 Å². The number of rotatable bonds is 2. The Morgan fingerprint density at radius 3 is 3.18 bits per heavy atom. The monoisotopic (exact) mass is 266 g/mol. The third kappa shape index (κ3) is 2.55. The molecule has 0 aromatic heterocycles. The van der Waals surface area contributed by atoms with Crippen molar-refractivity contribution in [3.63, 3.8) is 0 Å². The third-order valence-electron chi connectivity index (χ3n) is 2.91. The molecule has 1 aromatic carbocycles. The van der Waals surface area contributed by atoms with Gasteiger partial charge in [0.2, 0.25) is 5.91 Å². The molecular formula is C12H14N2OS2. The van der Waals surface area contributed by atoms with E-state index in [0.717, 1.165) is 16.3 Å². The van der Waals surface area contributed by atoms with Gasteiger partial charge in [0.25, 0.3) is 0 Å². The van der Waals surface area contributed by atoms with E-state index in [1.807, 2.05) is 17.8 Å². The molecule has 0 aliphatic carbocycles. The molecule has 2 heterocycles. The van der Waals surface area contributed by atoms with Gasteiger partial charge in [-0.2, -0.15) is 11.8 Å². The van der Waals surface area contributed by atoms with E-state index in [4.69, 9.17) is 0 Å². The molecule has 3 nitrogen and oxygen atoms in total. The molecule has 1 fully saturated rings. The van der Waals surface area contributed by atoms with E-state index >= 15 is 0 Å². The highest BCUT2D eigenvalue weighted by Gasteiger charge is 2.18. The molecule has 2 N–H and O–H groups in total. The van der Waals surface area contributed by atoms with Gasteiger partial charge < -0.3 is 10.6 Å². The quantitative estimate of drug-likeness (QED) is 0.863. The van der Waals surface area contributed by atoms with Gasteiger partial charge in [-0.25, -0.2) is 0 Å². The Kier molecular flexibility index (Phi) is 3.20. The van der Waals surface area contributed by atoms with E-state index in [-0.39, 0.29) is 5.91 Å². The Morgan fingerprint density at radius 1 is 1.41 bits per heavy atom. The van der Waals surface area contributed by atoms with Crippen LogP contribution in [0.4, 0.5) is 11.4 Å². The number of thioether (sulfide) groups is 2. The summed E-state index contributed by atoms with van der Waals surface area (Å²) in [5.41, 5.74) is 2.06. The SMILES string of the molecule is O=C1CSc2ccc(NC3CCSC3)cc2N1. The van der Waals surface area contributed by atoms with Gasteiger partial charge in [0.1, 0.15) is 0 Å². The topological polar surface area (TPSA) is 41.1 Å². The third-order valence-corrected chi connectivity index (χ3v) is 5.15. The molecule has 0 spiro atoms. The van der Waals surface area contributed by atoms with Crippen LogP contribution in [-0.2, 0) is 4.79 Å². The number of hydrogen-bond acceptors (Lipinski definition) is 4. The minimum Gasteiger partial charge on any atom is -0.381 e. The van der Waals surface area contributed by atoms with Crippen LogP contribution in [0, 0.1) is 0 Å². The predicted molar refractivity (Wildman–Crippen MR) is 75.1 cm³/mol. The molecule has 1 amide bonds. The van der Waals surface area contributed by atoms with E-state index in [1.165, 1.54) is 17.9 Å². The number of fused-ring (bicyclic) bond motifs is 1. The van der Waals surface area contributed by atoms with Crippen LogP contribution in [0.3, 0.4) is 0 Å². The Hall–Kier alpha value is -0.810. The van der Waals surface area contributed by atoms with Crippen LogP contribution in [0.15, 0.2) is 23.1 Å². The Morgan fingerprint density at radius 2 is 2.35 bits per heavy atom. The maximum atomic E-state index is 11.3. The van der Waals surface area contributed by atoms with Crippen molar-refractivity contribution in [1.29, 1.82) is 0 Å². The smallest absolute Gasteiger partial charge is 0.234 e. The van der Waals surface area contributed by atoms with Gasteiger partial charge in [-0.15, -0.1) is 11.8 Å². The van der Waals surface area contributed by atoms with Gasteiger partial charge in [0, 0.05) is 22.4 Å². The average molecular weight is 266 g/mol. The summed E-state index contributed by atoms with van der Waals surface area (Å²) in [5.74, 6) is 3.04. The summed E-state index contributed by atoms with van der Waals surface area (Å²) in [7, 11) is 0.